The highest BCUT2D eigenvalue weighted by atomic mass is 16.5. The van der Waals surface area contributed by atoms with E-state index < -0.39 is 0 Å². The fourth-order valence-corrected chi connectivity index (χ4v) is 6.66. The van der Waals surface area contributed by atoms with Gasteiger partial charge in [0.05, 0.1) is 12.6 Å². The molecular formula is C18H29NO. The smallest absolute Gasteiger partial charge is 0.109 e. The number of nitrogens with one attached hydrogen (secondary N) is 1. The number of likely N-dealkylation sites (N-methyl/N-ethyl adjacent to an activating group) is 1. The van der Waals surface area contributed by atoms with E-state index in [4.69, 9.17) is 4.74 Å². The van der Waals surface area contributed by atoms with E-state index in [9.17, 15) is 0 Å². The second-order valence-corrected chi connectivity index (χ2v) is 8.45. The minimum Gasteiger partial charge on any atom is -0.497 e. The Morgan fingerprint density at radius 2 is 2.00 bits per heavy atom. The first-order valence-corrected chi connectivity index (χ1v) is 8.63. The molecular weight excluding hydrogens is 246 g/mol. The van der Waals surface area contributed by atoms with E-state index in [0.29, 0.717) is 16.9 Å². The van der Waals surface area contributed by atoms with Crippen molar-refractivity contribution in [1.29, 1.82) is 0 Å². The van der Waals surface area contributed by atoms with E-state index in [1.54, 1.807) is 0 Å². The zero-order chi connectivity index (χ0) is 13.8. The number of allylic oxidation sites excluding steroid dienone is 1. The van der Waals surface area contributed by atoms with Gasteiger partial charge in [-0.3, -0.25) is 0 Å². The summed E-state index contributed by atoms with van der Waals surface area (Å²) < 4.78 is 6.05. The van der Waals surface area contributed by atoms with Gasteiger partial charge in [-0.15, -0.1) is 0 Å². The fraction of sp³-hybridized carbons (Fsp3) is 0.889. The van der Waals surface area contributed by atoms with Gasteiger partial charge in [-0.05, 0) is 87.2 Å². The van der Waals surface area contributed by atoms with Crippen molar-refractivity contribution in [3.63, 3.8) is 0 Å². The molecule has 0 radical (unpaired) electrons. The summed E-state index contributed by atoms with van der Waals surface area (Å²) in [5.41, 5.74) is 1.10. The second-order valence-electron chi connectivity index (χ2n) is 8.45. The maximum atomic E-state index is 6.05. The van der Waals surface area contributed by atoms with Crippen LogP contribution in [0, 0.1) is 22.7 Å². The van der Waals surface area contributed by atoms with Crippen LogP contribution in [0.15, 0.2) is 11.8 Å². The van der Waals surface area contributed by atoms with E-state index in [1.807, 2.05) is 0 Å². The van der Waals surface area contributed by atoms with Crippen molar-refractivity contribution in [2.75, 3.05) is 13.7 Å². The van der Waals surface area contributed by atoms with Crippen LogP contribution >= 0.6 is 0 Å². The molecule has 1 heterocycles. The number of hydrogen-bond acceptors (Lipinski definition) is 2. The maximum absolute atomic E-state index is 6.05. The van der Waals surface area contributed by atoms with Crippen molar-refractivity contribution in [3.8, 4) is 0 Å². The first-order chi connectivity index (χ1) is 9.62. The molecule has 4 bridgehead atoms. The fourth-order valence-electron chi connectivity index (χ4n) is 6.66. The van der Waals surface area contributed by atoms with Crippen LogP contribution in [0.1, 0.15) is 58.3 Å². The lowest BCUT2D eigenvalue weighted by atomic mass is 9.43. The molecule has 3 atom stereocenters. The van der Waals surface area contributed by atoms with Gasteiger partial charge in [-0.2, -0.15) is 0 Å². The molecule has 0 aromatic heterocycles. The van der Waals surface area contributed by atoms with E-state index in [-0.39, 0.29) is 0 Å². The number of ether oxygens (including phenoxy) is 1. The van der Waals surface area contributed by atoms with Gasteiger partial charge in [0.2, 0.25) is 0 Å². The molecule has 4 saturated carbocycles. The monoisotopic (exact) mass is 275 g/mol. The standard InChI is InChI=1S/C18H29NO/c1-17-8-13-7-14(9-17)11-18(10-13,12-17)16(19-2)15-5-3-4-6-20-15/h5,13-14,16,19H,3-4,6-12H2,1-2H3. The first kappa shape index (κ1) is 13.2. The van der Waals surface area contributed by atoms with E-state index in [2.05, 4.69) is 25.4 Å². The molecule has 2 heteroatoms. The maximum Gasteiger partial charge on any atom is 0.109 e. The summed E-state index contributed by atoms with van der Waals surface area (Å²) >= 11 is 0. The van der Waals surface area contributed by atoms with Crippen molar-refractivity contribution < 1.29 is 4.74 Å². The van der Waals surface area contributed by atoms with Crippen LogP contribution in [0.2, 0.25) is 0 Å². The van der Waals surface area contributed by atoms with Gasteiger partial charge in [-0.1, -0.05) is 6.92 Å². The molecule has 5 rings (SSSR count). The summed E-state index contributed by atoms with van der Waals surface area (Å²) in [6.07, 6.45) is 13.5. The van der Waals surface area contributed by atoms with Gasteiger partial charge in [0, 0.05) is 0 Å². The second kappa shape index (κ2) is 4.50. The van der Waals surface area contributed by atoms with E-state index in [0.717, 1.165) is 18.4 Å². The molecule has 5 aliphatic rings. The van der Waals surface area contributed by atoms with Crippen LogP contribution in [-0.2, 0) is 4.74 Å². The van der Waals surface area contributed by atoms with Crippen molar-refractivity contribution in [3.05, 3.63) is 11.8 Å². The molecule has 2 nitrogen and oxygen atoms in total. The average molecular weight is 275 g/mol. The predicted octanol–water partition coefficient (Wildman–Crippen LogP) is 3.88. The summed E-state index contributed by atoms with van der Waals surface area (Å²) in [4.78, 5) is 0. The molecule has 1 aliphatic heterocycles. The molecule has 0 spiro atoms. The summed E-state index contributed by atoms with van der Waals surface area (Å²) in [5, 5.41) is 3.65. The van der Waals surface area contributed by atoms with Gasteiger partial charge in [-0.25, -0.2) is 0 Å². The Kier molecular flexibility index (Phi) is 2.96. The molecule has 4 aliphatic carbocycles. The van der Waals surface area contributed by atoms with Gasteiger partial charge >= 0.3 is 0 Å². The Morgan fingerprint density at radius 3 is 2.55 bits per heavy atom. The Hall–Kier alpha value is -0.500. The van der Waals surface area contributed by atoms with Crippen molar-refractivity contribution in [2.45, 2.75) is 64.3 Å². The third-order valence-corrected chi connectivity index (χ3v) is 6.55. The van der Waals surface area contributed by atoms with Crippen molar-refractivity contribution in [1.82, 2.24) is 5.32 Å². The van der Waals surface area contributed by atoms with Gasteiger partial charge < -0.3 is 10.1 Å². The van der Waals surface area contributed by atoms with Gasteiger partial charge in [0.1, 0.15) is 5.76 Å². The Labute approximate surface area is 123 Å². The Balaban J connectivity index is 1.67. The highest BCUT2D eigenvalue weighted by Gasteiger charge is 2.59. The van der Waals surface area contributed by atoms with E-state index in [1.165, 1.54) is 57.1 Å². The summed E-state index contributed by atoms with van der Waals surface area (Å²) in [7, 11) is 2.14. The molecule has 0 saturated heterocycles. The van der Waals surface area contributed by atoms with Crippen molar-refractivity contribution in [2.24, 2.45) is 22.7 Å². The third kappa shape index (κ3) is 1.94. The Morgan fingerprint density at radius 1 is 1.25 bits per heavy atom. The zero-order valence-electron chi connectivity index (χ0n) is 13.1. The number of rotatable bonds is 3. The third-order valence-electron chi connectivity index (χ3n) is 6.55. The summed E-state index contributed by atoms with van der Waals surface area (Å²) in [5.74, 6) is 3.24. The molecule has 4 fully saturated rings. The van der Waals surface area contributed by atoms with Crippen LogP contribution in [0.4, 0.5) is 0 Å². The lowest BCUT2D eigenvalue weighted by Gasteiger charge is -2.63. The molecule has 1 N–H and O–H groups in total. The normalized spacial score (nSPS) is 47.8. The molecule has 3 unspecified atom stereocenters. The summed E-state index contributed by atoms with van der Waals surface area (Å²) in [6.45, 7) is 3.48. The topological polar surface area (TPSA) is 21.3 Å². The molecule has 20 heavy (non-hydrogen) atoms. The Bertz CT molecular complexity index is 413. The molecule has 0 aromatic carbocycles. The van der Waals surface area contributed by atoms with Crippen LogP contribution in [0.5, 0.6) is 0 Å². The SMILES string of the molecule is CNC(C1=CCCCO1)C12CC3CC(CC(C)(C3)C1)C2. The van der Waals surface area contributed by atoms with Crippen molar-refractivity contribution >= 4 is 0 Å². The minimum atomic E-state index is 0.466. The largest absolute Gasteiger partial charge is 0.497 e. The average Bonchev–Trinajstić information content (AvgIpc) is 2.37. The van der Waals surface area contributed by atoms with Crippen LogP contribution in [0.25, 0.3) is 0 Å². The minimum absolute atomic E-state index is 0.466. The zero-order valence-corrected chi connectivity index (χ0v) is 13.1. The lowest BCUT2D eigenvalue weighted by molar-refractivity contribution is -0.118. The quantitative estimate of drug-likeness (QED) is 0.844. The number of hydrogen-bond donors (Lipinski definition) is 1. The molecule has 0 aromatic rings. The predicted molar refractivity (Wildman–Crippen MR) is 81.3 cm³/mol. The van der Waals surface area contributed by atoms with Gasteiger partial charge in [0.25, 0.3) is 0 Å². The van der Waals surface area contributed by atoms with Crippen LogP contribution < -0.4 is 5.32 Å². The highest BCUT2D eigenvalue weighted by Crippen LogP contribution is 2.66. The van der Waals surface area contributed by atoms with Crippen LogP contribution in [-0.4, -0.2) is 19.7 Å². The summed E-state index contributed by atoms with van der Waals surface area (Å²) in [6, 6.07) is 0.466. The van der Waals surface area contributed by atoms with E-state index >= 15 is 0 Å². The van der Waals surface area contributed by atoms with Gasteiger partial charge in [0.15, 0.2) is 0 Å². The van der Waals surface area contributed by atoms with Crippen LogP contribution in [0.3, 0.4) is 0 Å². The molecule has 112 valence electrons. The lowest BCUT2D eigenvalue weighted by Crippen LogP contribution is -2.59. The first-order valence-electron chi connectivity index (χ1n) is 8.63. The highest BCUT2D eigenvalue weighted by molar-refractivity contribution is 5.18. The molecule has 0 amide bonds.